The largest absolute Gasteiger partial charge is 0.493 e. The molecule has 0 saturated heterocycles. The van der Waals surface area contributed by atoms with Gasteiger partial charge in [-0.05, 0) is 48.7 Å². The summed E-state index contributed by atoms with van der Waals surface area (Å²) in [6.07, 6.45) is 3.99. The fourth-order valence-corrected chi connectivity index (χ4v) is 3.40. The lowest BCUT2D eigenvalue weighted by atomic mass is 10.1. The van der Waals surface area contributed by atoms with Crippen molar-refractivity contribution in [1.82, 2.24) is 10.3 Å². The molecule has 2 aromatic carbocycles. The number of methoxy groups -OCH3 is 3. The number of carbonyl (C=O) groups is 1. The standard InChI is InChI=1S/C23H26N2O4/c1-15-17(18-7-5-6-8-19(18)25-15)11-12-24-22(26)10-9-16-13-20(27-2)23(29-4)21(14-16)28-3/h5-10,13-14,25H,11-12H2,1-4H3,(H,24,26)/b10-9-. The topological polar surface area (TPSA) is 72.6 Å². The molecule has 0 radical (unpaired) electrons. The third-order valence-corrected chi connectivity index (χ3v) is 4.82. The summed E-state index contributed by atoms with van der Waals surface area (Å²) in [5.74, 6) is 1.45. The van der Waals surface area contributed by atoms with Crippen molar-refractivity contribution in [2.45, 2.75) is 13.3 Å². The summed E-state index contributed by atoms with van der Waals surface area (Å²) in [4.78, 5) is 15.6. The first-order valence-electron chi connectivity index (χ1n) is 9.39. The summed E-state index contributed by atoms with van der Waals surface area (Å²) in [5.41, 5.74) is 4.26. The summed E-state index contributed by atoms with van der Waals surface area (Å²) in [6, 6.07) is 11.8. The molecule has 1 amide bonds. The molecule has 1 aromatic heterocycles. The van der Waals surface area contributed by atoms with E-state index in [4.69, 9.17) is 14.2 Å². The average molecular weight is 394 g/mol. The molecular weight excluding hydrogens is 368 g/mol. The van der Waals surface area contributed by atoms with Crippen LogP contribution in [0.5, 0.6) is 17.2 Å². The van der Waals surface area contributed by atoms with Crippen molar-refractivity contribution in [3.05, 3.63) is 59.3 Å². The van der Waals surface area contributed by atoms with Gasteiger partial charge in [0.1, 0.15) is 0 Å². The third-order valence-electron chi connectivity index (χ3n) is 4.82. The Morgan fingerprint density at radius 2 is 1.76 bits per heavy atom. The number of nitrogens with one attached hydrogen (secondary N) is 2. The Labute approximate surface area is 170 Å². The molecule has 3 rings (SSSR count). The second-order valence-electron chi connectivity index (χ2n) is 6.61. The lowest BCUT2D eigenvalue weighted by molar-refractivity contribution is -0.116. The van der Waals surface area contributed by atoms with Crippen LogP contribution in [0.25, 0.3) is 17.0 Å². The second kappa shape index (κ2) is 9.19. The Kier molecular flexibility index (Phi) is 6.44. The molecule has 0 fully saturated rings. The normalized spacial score (nSPS) is 11.0. The first kappa shape index (κ1) is 20.3. The van der Waals surface area contributed by atoms with E-state index in [9.17, 15) is 4.79 Å². The Bertz CT molecular complexity index is 1010. The van der Waals surface area contributed by atoms with Crippen LogP contribution in [0.15, 0.2) is 42.5 Å². The minimum atomic E-state index is -0.156. The molecule has 3 aromatic rings. The summed E-state index contributed by atoms with van der Waals surface area (Å²) in [5, 5.41) is 4.14. The van der Waals surface area contributed by atoms with Crippen molar-refractivity contribution in [3.8, 4) is 17.2 Å². The number of ether oxygens (including phenoxy) is 3. The molecule has 6 heteroatoms. The number of carbonyl (C=O) groups excluding carboxylic acids is 1. The molecule has 0 spiro atoms. The highest BCUT2D eigenvalue weighted by molar-refractivity contribution is 5.92. The maximum atomic E-state index is 12.2. The molecule has 29 heavy (non-hydrogen) atoms. The summed E-state index contributed by atoms with van der Waals surface area (Å²) in [7, 11) is 4.67. The van der Waals surface area contributed by atoms with Gasteiger partial charge >= 0.3 is 0 Å². The highest BCUT2D eigenvalue weighted by atomic mass is 16.5. The molecule has 2 N–H and O–H groups in total. The van der Waals surface area contributed by atoms with Gasteiger partial charge in [-0.15, -0.1) is 0 Å². The number of aromatic nitrogens is 1. The van der Waals surface area contributed by atoms with E-state index in [-0.39, 0.29) is 5.91 Å². The van der Waals surface area contributed by atoms with Crippen LogP contribution in [-0.2, 0) is 11.2 Å². The van der Waals surface area contributed by atoms with Gasteiger partial charge in [-0.1, -0.05) is 18.2 Å². The van der Waals surface area contributed by atoms with Gasteiger partial charge in [0, 0.05) is 29.2 Å². The molecule has 0 aliphatic carbocycles. The highest BCUT2D eigenvalue weighted by Gasteiger charge is 2.12. The number of benzene rings is 2. The van der Waals surface area contributed by atoms with E-state index in [0.717, 1.165) is 23.2 Å². The average Bonchev–Trinajstić information content (AvgIpc) is 3.06. The lowest BCUT2D eigenvalue weighted by Crippen LogP contribution is -2.23. The van der Waals surface area contributed by atoms with E-state index in [2.05, 4.69) is 29.4 Å². The highest BCUT2D eigenvalue weighted by Crippen LogP contribution is 2.38. The quantitative estimate of drug-likeness (QED) is 0.569. The second-order valence-corrected chi connectivity index (χ2v) is 6.61. The number of rotatable bonds is 8. The molecule has 0 saturated carbocycles. The number of H-pyrrole nitrogens is 1. The van der Waals surface area contributed by atoms with E-state index >= 15 is 0 Å². The fraction of sp³-hybridized carbons (Fsp3) is 0.261. The van der Waals surface area contributed by atoms with E-state index in [1.54, 1.807) is 39.5 Å². The molecule has 1 heterocycles. The fourth-order valence-electron chi connectivity index (χ4n) is 3.40. The van der Waals surface area contributed by atoms with Crippen LogP contribution in [0.3, 0.4) is 0 Å². The van der Waals surface area contributed by atoms with E-state index in [1.807, 2.05) is 12.1 Å². The number of hydrogen-bond donors (Lipinski definition) is 2. The lowest BCUT2D eigenvalue weighted by Gasteiger charge is -2.12. The van der Waals surface area contributed by atoms with Gasteiger partial charge in [0.2, 0.25) is 11.7 Å². The van der Waals surface area contributed by atoms with Crippen LogP contribution in [0, 0.1) is 6.92 Å². The van der Waals surface area contributed by atoms with Gasteiger partial charge in [-0.2, -0.15) is 0 Å². The van der Waals surface area contributed by atoms with Crippen LogP contribution in [-0.4, -0.2) is 38.8 Å². The van der Waals surface area contributed by atoms with Crippen LogP contribution < -0.4 is 19.5 Å². The van der Waals surface area contributed by atoms with Gasteiger partial charge < -0.3 is 24.5 Å². The summed E-state index contributed by atoms with van der Waals surface area (Å²) in [6.45, 7) is 2.61. The maximum Gasteiger partial charge on any atom is 0.244 e. The maximum absolute atomic E-state index is 12.2. The summed E-state index contributed by atoms with van der Waals surface area (Å²) < 4.78 is 16.0. The number of aromatic amines is 1. The smallest absolute Gasteiger partial charge is 0.244 e. The zero-order valence-electron chi connectivity index (χ0n) is 17.2. The van der Waals surface area contributed by atoms with Crippen LogP contribution in [0.4, 0.5) is 0 Å². The van der Waals surface area contributed by atoms with Crippen molar-refractivity contribution < 1.29 is 19.0 Å². The molecular formula is C23H26N2O4. The molecule has 0 aliphatic heterocycles. The Hall–Kier alpha value is -3.41. The van der Waals surface area contributed by atoms with Gasteiger partial charge in [0.15, 0.2) is 11.5 Å². The van der Waals surface area contributed by atoms with Crippen molar-refractivity contribution in [2.24, 2.45) is 0 Å². The van der Waals surface area contributed by atoms with Crippen molar-refractivity contribution >= 4 is 22.9 Å². The summed E-state index contributed by atoms with van der Waals surface area (Å²) >= 11 is 0. The minimum Gasteiger partial charge on any atom is -0.493 e. The molecule has 0 bridgehead atoms. The van der Waals surface area contributed by atoms with Crippen molar-refractivity contribution in [1.29, 1.82) is 0 Å². The molecule has 0 unspecified atom stereocenters. The first-order chi connectivity index (χ1) is 14.1. The molecule has 6 nitrogen and oxygen atoms in total. The third kappa shape index (κ3) is 4.54. The van der Waals surface area contributed by atoms with Gasteiger partial charge in [0.05, 0.1) is 21.3 Å². The Balaban J connectivity index is 1.63. The Morgan fingerprint density at radius 3 is 2.41 bits per heavy atom. The van der Waals surface area contributed by atoms with E-state index in [1.165, 1.54) is 17.0 Å². The number of hydrogen-bond acceptors (Lipinski definition) is 4. The zero-order chi connectivity index (χ0) is 20.8. The van der Waals surface area contributed by atoms with Crippen molar-refractivity contribution in [3.63, 3.8) is 0 Å². The number of amides is 1. The van der Waals surface area contributed by atoms with Gasteiger partial charge in [-0.3, -0.25) is 4.79 Å². The van der Waals surface area contributed by atoms with E-state index in [0.29, 0.717) is 23.8 Å². The minimum absolute atomic E-state index is 0.156. The predicted octanol–water partition coefficient (Wildman–Crippen LogP) is 3.87. The monoisotopic (exact) mass is 394 g/mol. The zero-order valence-corrected chi connectivity index (χ0v) is 17.2. The van der Waals surface area contributed by atoms with Crippen LogP contribution >= 0.6 is 0 Å². The van der Waals surface area contributed by atoms with Crippen LogP contribution in [0.1, 0.15) is 16.8 Å². The molecule has 0 atom stereocenters. The molecule has 152 valence electrons. The van der Waals surface area contributed by atoms with Gasteiger partial charge in [-0.25, -0.2) is 0 Å². The number of aryl methyl sites for hydroxylation is 1. The predicted molar refractivity (Wildman–Crippen MR) is 115 cm³/mol. The van der Waals surface area contributed by atoms with Crippen molar-refractivity contribution in [2.75, 3.05) is 27.9 Å². The van der Waals surface area contributed by atoms with E-state index < -0.39 is 0 Å². The SMILES string of the molecule is COc1cc(/C=C\C(=O)NCCc2c(C)[nH]c3ccccc23)cc(OC)c1OC. The molecule has 0 aliphatic rings. The number of para-hydroxylation sites is 1. The first-order valence-corrected chi connectivity index (χ1v) is 9.39. The van der Waals surface area contributed by atoms with Gasteiger partial charge in [0.25, 0.3) is 0 Å². The Morgan fingerprint density at radius 1 is 1.07 bits per heavy atom. The number of fused-ring (bicyclic) bond motifs is 1. The van der Waals surface area contributed by atoms with Crippen LogP contribution in [0.2, 0.25) is 0 Å².